The van der Waals surface area contributed by atoms with Crippen LogP contribution in [0.4, 0.5) is 0 Å². The Hall–Kier alpha value is -0.780. The van der Waals surface area contributed by atoms with Crippen molar-refractivity contribution in [3.05, 3.63) is 27.0 Å². The van der Waals surface area contributed by atoms with Gasteiger partial charge in [0.05, 0.1) is 11.1 Å². The maximum atomic E-state index is 9.15. The van der Waals surface area contributed by atoms with E-state index in [4.69, 9.17) is 16.9 Å². The lowest BCUT2D eigenvalue weighted by atomic mass is 10.1. The molecule has 0 fully saturated rings. The predicted molar refractivity (Wildman–Crippen MR) is 78.9 cm³/mol. The highest BCUT2D eigenvalue weighted by Crippen LogP contribution is 2.36. The molecule has 2 rings (SSSR count). The fraction of sp³-hybridized carbons (Fsp3) is 0.533. The molecule has 1 aromatic heterocycles. The number of nitriles is 1. The molecule has 0 aromatic carbocycles. The standard InChI is InChI=1S/C15H18ClNS/c1-2-6-12(10-17)15(16)14-9-11-7-4-3-5-8-13(11)18-14/h9H,2-8H2,1H3. The van der Waals surface area contributed by atoms with E-state index in [0.717, 1.165) is 23.3 Å². The van der Waals surface area contributed by atoms with Crippen molar-refractivity contribution in [1.82, 2.24) is 0 Å². The Labute approximate surface area is 118 Å². The molecule has 0 aliphatic heterocycles. The maximum absolute atomic E-state index is 9.15. The van der Waals surface area contributed by atoms with Gasteiger partial charge in [0.1, 0.15) is 0 Å². The second-order valence-corrected chi connectivity index (χ2v) is 6.29. The highest BCUT2D eigenvalue weighted by molar-refractivity contribution is 7.14. The van der Waals surface area contributed by atoms with Gasteiger partial charge in [-0.3, -0.25) is 0 Å². The largest absolute Gasteiger partial charge is 0.193 e. The zero-order valence-electron chi connectivity index (χ0n) is 10.8. The number of thiophene rings is 1. The maximum Gasteiger partial charge on any atom is 0.0963 e. The van der Waals surface area contributed by atoms with Gasteiger partial charge in [0.15, 0.2) is 0 Å². The Bertz CT molecular complexity index is 470. The van der Waals surface area contributed by atoms with Crippen molar-refractivity contribution < 1.29 is 0 Å². The monoisotopic (exact) mass is 279 g/mol. The van der Waals surface area contributed by atoms with Crippen molar-refractivity contribution in [2.75, 3.05) is 0 Å². The molecule has 0 atom stereocenters. The van der Waals surface area contributed by atoms with Crippen molar-refractivity contribution in [1.29, 1.82) is 5.26 Å². The van der Waals surface area contributed by atoms with Crippen LogP contribution in [0.1, 0.15) is 54.3 Å². The van der Waals surface area contributed by atoms with E-state index in [-0.39, 0.29) is 0 Å². The third kappa shape index (κ3) is 2.96. The van der Waals surface area contributed by atoms with E-state index in [1.165, 1.54) is 42.5 Å². The van der Waals surface area contributed by atoms with Crippen molar-refractivity contribution in [2.45, 2.75) is 51.9 Å². The minimum absolute atomic E-state index is 0.678. The van der Waals surface area contributed by atoms with Gasteiger partial charge in [0.2, 0.25) is 0 Å². The van der Waals surface area contributed by atoms with Gasteiger partial charge < -0.3 is 0 Å². The fourth-order valence-electron chi connectivity index (χ4n) is 2.39. The average Bonchev–Trinajstić information content (AvgIpc) is 2.66. The molecule has 0 spiro atoms. The van der Waals surface area contributed by atoms with Gasteiger partial charge in [-0.25, -0.2) is 0 Å². The molecular weight excluding hydrogens is 262 g/mol. The summed E-state index contributed by atoms with van der Waals surface area (Å²) in [4.78, 5) is 2.57. The molecule has 1 heterocycles. The molecule has 0 radical (unpaired) electrons. The first-order chi connectivity index (χ1) is 8.76. The summed E-state index contributed by atoms with van der Waals surface area (Å²) in [5, 5.41) is 9.83. The molecule has 96 valence electrons. The van der Waals surface area contributed by atoms with Crippen molar-refractivity contribution in [3.63, 3.8) is 0 Å². The summed E-state index contributed by atoms with van der Waals surface area (Å²) in [7, 11) is 0. The molecular formula is C15H18ClNS. The number of hydrogen-bond donors (Lipinski definition) is 0. The van der Waals surface area contributed by atoms with Gasteiger partial charge in [-0.2, -0.15) is 5.26 Å². The van der Waals surface area contributed by atoms with Crippen LogP contribution >= 0.6 is 22.9 Å². The van der Waals surface area contributed by atoms with E-state index in [1.807, 2.05) is 0 Å². The fourth-order valence-corrected chi connectivity index (χ4v) is 3.91. The molecule has 1 aliphatic rings. The number of hydrogen-bond acceptors (Lipinski definition) is 2. The zero-order chi connectivity index (χ0) is 13.0. The van der Waals surface area contributed by atoms with E-state index in [1.54, 1.807) is 11.3 Å². The summed E-state index contributed by atoms with van der Waals surface area (Å²) in [6.07, 6.45) is 7.99. The van der Waals surface area contributed by atoms with Gasteiger partial charge in [0.25, 0.3) is 0 Å². The average molecular weight is 280 g/mol. The van der Waals surface area contributed by atoms with Crippen LogP contribution in [0.5, 0.6) is 0 Å². The quantitative estimate of drug-likeness (QED) is 0.545. The van der Waals surface area contributed by atoms with Crippen LogP contribution in [0.2, 0.25) is 0 Å². The van der Waals surface area contributed by atoms with Gasteiger partial charge in [-0.15, -0.1) is 11.3 Å². The third-order valence-electron chi connectivity index (χ3n) is 3.36. The summed E-state index contributed by atoms with van der Waals surface area (Å²) < 4.78 is 0. The lowest BCUT2D eigenvalue weighted by molar-refractivity contribution is 0.712. The molecule has 1 aliphatic carbocycles. The summed E-state index contributed by atoms with van der Waals surface area (Å²) in [6.45, 7) is 2.07. The first kappa shape index (κ1) is 13.6. The van der Waals surface area contributed by atoms with E-state index in [9.17, 15) is 0 Å². The smallest absolute Gasteiger partial charge is 0.0963 e. The second kappa shape index (κ2) is 6.41. The minimum Gasteiger partial charge on any atom is -0.193 e. The summed E-state index contributed by atoms with van der Waals surface area (Å²) in [5.41, 5.74) is 2.19. The van der Waals surface area contributed by atoms with E-state index >= 15 is 0 Å². The van der Waals surface area contributed by atoms with E-state index < -0.39 is 0 Å². The number of nitrogens with zero attached hydrogens (tertiary/aromatic N) is 1. The van der Waals surface area contributed by atoms with Crippen LogP contribution in [0.25, 0.3) is 5.03 Å². The van der Waals surface area contributed by atoms with Crippen LogP contribution in [0.15, 0.2) is 11.6 Å². The summed E-state index contributed by atoms with van der Waals surface area (Å²) in [6, 6.07) is 4.46. The van der Waals surface area contributed by atoms with Crippen molar-refractivity contribution >= 4 is 28.0 Å². The number of aryl methyl sites for hydroxylation is 2. The zero-order valence-corrected chi connectivity index (χ0v) is 12.3. The molecule has 1 aromatic rings. The molecule has 1 nitrogen and oxygen atoms in total. The predicted octanol–water partition coefficient (Wildman–Crippen LogP) is 5.29. The number of allylic oxidation sites excluding steroid dienone is 1. The first-order valence-electron chi connectivity index (χ1n) is 6.67. The summed E-state index contributed by atoms with van der Waals surface area (Å²) >= 11 is 8.16. The normalized spacial score (nSPS) is 16.5. The second-order valence-electron chi connectivity index (χ2n) is 4.77. The van der Waals surface area contributed by atoms with Crippen molar-refractivity contribution in [3.8, 4) is 6.07 Å². The molecule has 0 amide bonds. The highest BCUT2D eigenvalue weighted by atomic mass is 35.5. The van der Waals surface area contributed by atoms with E-state index in [2.05, 4.69) is 19.1 Å². The molecule has 0 saturated carbocycles. The minimum atomic E-state index is 0.678. The highest BCUT2D eigenvalue weighted by Gasteiger charge is 2.15. The first-order valence-corrected chi connectivity index (χ1v) is 7.86. The number of fused-ring (bicyclic) bond motifs is 1. The Balaban J connectivity index is 2.32. The Morgan fingerprint density at radius 2 is 2.17 bits per heavy atom. The Kier molecular flexibility index (Phi) is 4.86. The van der Waals surface area contributed by atoms with Crippen LogP contribution in [-0.4, -0.2) is 0 Å². The summed E-state index contributed by atoms with van der Waals surface area (Å²) in [5.74, 6) is 0. The molecule has 0 bridgehead atoms. The third-order valence-corrected chi connectivity index (χ3v) is 5.16. The van der Waals surface area contributed by atoms with Crippen LogP contribution in [-0.2, 0) is 12.8 Å². The lowest BCUT2D eigenvalue weighted by Crippen LogP contribution is -1.83. The van der Waals surface area contributed by atoms with Gasteiger partial charge in [0, 0.05) is 15.3 Å². The van der Waals surface area contributed by atoms with Gasteiger partial charge in [-0.05, 0) is 43.7 Å². The molecule has 0 saturated heterocycles. The van der Waals surface area contributed by atoms with Gasteiger partial charge >= 0.3 is 0 Å². The topological polar surface area (TPSA) is 23.8 Å². The Morgan fingerprint density at radius 3 is 2.89 bits per heavy atom. The molecule has 0 N–H and O–H groups in total. The SMILES string of the molecule is CCCC(C#N)=C(Cl)c1cc2c(s1)CCCCC2. The lowest BCUT2D eigenvalue weighted by Gasteiger charge is -1.99. The number of halogens is 1. The van der Waals surface area contributed by atoms with E-state index in [0.29, 0.717) is 5.03 Å². The van der Waals surface area contributed by atoms with Gasteiger partial charge in [-0.1, -0.05) is 31.4 Å². The Morgan fingerprint density at radius 1 is 1.39 bits per heavy atom. The molecule has 18 heavy (non-hydrogen) atoms. The van der Waals surface area contributed by atoms with Crippen LogP contribution < -0.4 is 0 Å². The van der Waals surface area contributed by atoms with Crippen LogP contribution in [0.3, 0.4) is 0 Å². The molecule has 3 heteroatoms. The van der Waals surface area contributed by atoms with Crippen molar-refractivity contribution in [2.24, 2.45) is 0 Å². The molecule has 0 unspecified atom stereocenters. The number of rotatable bonds is 3. The van der Waals surface area contributed by atoms with Crippen LogP contribution in [0, 0.1) is 11.3 Å².